The molecule has 1 aliphatic heterocycles. The van der Waals surface area contributed by atoms with E-state index in [9.17, 15) is 19.2 Å². The summed E-state index contributed by atoms with van der Waals surface area (Å²) in [5.74, 6) is -2.18. The zero-order valence-electron chi connectivity index (χ0n) is 14.4. The average molecular weight is 371 g/mol. The lowest BCUT2D eigenvalue weighted by molar-refractivity contribution is -0.149. The summed E-state index contributed by atoms with van der Waals surface area (Å²) in [4.78, 5) is 49.3. The Kier molecular flexibility index (Phi) is 5.20. The van der Waals surface area contributed by atoms with Gasteiger partial charge in [0, 0.05) is 0 Å². The van der Waals surface area contributed by atoms with Crippen LogP contribution in [0.2, 0.25) is 0 Å². The van der Waals surface area contributed by atoms with Crippen LogP contribution in [-0.2, 0) is 19.1 Å². The second-order valence-electron chi connectivity index (χ2n) is 5.83. The molecule has 1 aromatic carbocycles. The third-order valence-electron chi connectivity index (χ3n) is 3.86. The van der Waals surface area contributed by atoms with Crippen molar-refractivity contribution in [2.24, 2.45) is 0 Å². The van der Waals surface area contributed by atoms with Crippen LogP contribution >= 0.6 is 0 Å². The topological polar surface area (TPSA) is 118 Å². The Bertz CT molecular complexity index is 877. The third kappa shape index (κ3) is 4.14. The number of ether oxygens (including phenoxy) is 1. The van der Waals surface area contributed by atoms with E-state index in [1.807, 2.05) is 0 Å². The molecule has 0 fully saturated rings. The highest BCUT2D eigenvalue weighted by Gasteiger charge is 2.28. The largest absolute Gasteiger partial charge is 0.459 e. The molecule has 9 heteroatoms. The van der Waals surface area contributed by atoms with E-state index in [4.69, 9.17) is 9.15 Å². The van der Waals surface area contributed by atoms with Crippen LogP contribution in [-0.4, -0.2) is 42.9 Å². The summed E-state index contributed by atoms with van der Waals surface area (Å²) < 4.78 is 9.91. The SMILES string of the molecule is C[C@H](NC(=O)c1ccco1)C(=O)OCC(=O)N1CC(=O)Nc2ccccc21. The molecule has 0 saturated carbocycles. The fraction of sp³-hybridized carbons (Fsp3) is 0.222. The number of amides is 3. The number of para-hydroxylation sites is 2. The first-order chi connectivity index (χ1) is 13.0. The maximum absolute atomic E-state index is 12.4. The Balaban J connectivity index is 1.56. The molecule has 0 aliphatic carbocycles. The second kappa shape index (κ2) is 7.73. The Morgan fingerprint density at radius 3 is 2.78 bits per heavy atom. The lowest BCUT2D eigenvalue weighted by atomic mass is 10.2. The summed E-state index contributed by atoms with van der Waals surface area (Å²) in [6, 6.07) is 8.84. The number of esters is 1. The van der Waals surface area contributed by atoms with Crippen LogP contribution < -0.4 is 15.5 Å². The Morgan fingerprint density at radius 2 is 2.04 bits per heavy atom. The van der Waals surface area contributed by atoms with Crippen molar-refractivity contribution in [1.29, 1.82) is 0 Å². The molecule has 27 heavy (non-hydrogen) atoms. The minimum absolute atomic E-state index is 0.0571. The molecule has 0 radical (unpaired) electrons. The van der Waals surface area contributed by atoms with E-state index in [-0.39, 0.29) is 18.2 Å². The number of carbonyl (C=O) groups excluding carboxylic acids is 4. The molecule has 0 unspecified atom stereocenters. The van der Waals surface area contributed by atoms with Gasteiger partial charge in [-0.15, -0.1) is 0 Å². The van der Waals surface area contributed by atoms with Gasteiger partial charge in [-0.25, -0.2) is 4.79 Å². The number of hydrogen-bond donors (Lipinski definition) is 2. The van der Waals surface area contributed by atoms with E-state index in [0.29, 0.717) is 11.4 Å². The monoisotopic (exact) mass is 371 g/mol. The van der Waals surface area contributed by atoms with E-state index in [1.54, 1.807) is 30.3 Å². The van der Waals surface area contributed by atoms with E-state index in [1.165, 1.54) is 24.2 Å². The van der Waals surface area contributed by atoms with Gasteiger partial charge < -0.3 is 19.8 Å². The number of benzene rings is 1. The van der Waals surface area contributed by atoms with Gasteiger partial charge in [0.15, 0.2) is 12.4 Å². The Morgan fingerprint density at radius 1 is 1.26 bits per heavy atom. The normalized spacial score (nSPS) is 14.0. The molecule has 1 aromatic heterocycles. The van der Waals surface area contributed by atoms with Crippen LogP contribution in [0.1, 0.15) is 17.5 Å². The smallest absolute Gasteiger partial charge is 0.328 e. The van der Waals surface area contributed by atoms with Crippen LogP contribution in [0.4, 0.5) is 11.4 Å². The fourth-order valence-electron chi connectivity index (χ4n) is 2.53. The summed E-state index contributed by atoms with van der Waals surface area (Å²) in [5, 5.41) is 5.08. The number of anilines is 2. The molecule has 9 nitrogen and oxygen atoms in total. The third-order valence-corrected chi connectivity index (χ3v) is 3.86. The number of rotatable bonds is 5. The van der Waals surface area contributed by atoms with Gasteiger partial charge >= 0.3 is 5.97 Å². The highest BCUT2D eigenvalue weighted by Crippen LogP contribution is 2.28. The molecule has 2 aromatic rings. The van der Waals surface area contributed by atoms with Gasteiger partial charge in [-0.05, 0) is 31.2 Å². The molecule has 2 heterocycles. The number of nitrogens with one attached hydrogen (secondary N) is 2. The van der Waals surface area contributed by atoms with Gasteiger partial charge in [0.25, 0.3) is 11.8 Å². The van der Waals surface area contributed by atoms with E-state index >= 15 is 0 Å². The van der Waals surface area contributed by atoms with Crippen molar-refractivity contribution in [3.8, 4) is 0 Å². The van der Waals surface area contributed by atoms with Crippen molar-refractivity contribution >= 4 is 35.1 Å². The Labute approximate surface area is 154 Å². The van der Waals surface area contributed by atoms with Gasteiger partial charge in [-0.2, -0.15) is 0 Å². The number of carbonyl (C=O) groups is 4. The highest BCUT2D eigenvalue weighted by atomic mass is 16.5. The number of nitrogens with zero attached hydrogens (tertiary/aromatic N) is 1. The summed E-state index contributed by atoms with van der Waals surface area (Å²) in [6.45, 7) is 0.705. The van der Waals surface area contributed by atoms with Gasteiger partial charge in [0.2, 0.25) is 5.91 Å². The zero-order valence-corrected chi connectivity index (χ0v) is 14.4. The van der Waals surface area contributed by atoms with Crippen molar-refractivity contribution in [3.05, 3.63) is 48.4 Å². The lowest BCUT2D eigenvalue weighted by Gasteiger charge is -2.29. The van der Waals surface area contributed by atoms with Gasteiger partial charge in [-0.3, -0.25) is 19.3 Å². The molecular weight excluding hydrogens is 354 g/mol. The summed E-state index contributed by atoms with van der Waals surface area (Å²) in [7, 11) is 0. The minimum Gasteiger partial charge on any atom is -0.459 e. The molecule has 0 saturated heterocycles. The highest BCUT2D eigenvalue weighted by molar-refractivity contribution is 6.10. The first kappa shape index (κ1) is 18.2. The quantitative estimate of drug-likeness (QED) is 0.755. The van der Waals surface area contributed by atoms with E-state index in [2.05, 4.69) is 10.6 Å². The van der Waals surface area contributed by atoms with Gasteiger partial charge in [0.05, 0.1) is 17.6 Å². The molecule has 140 valence electrons. The molecule has 1 atom stereocenters. The first-order valence-corrected chi connectivity index (χ1v) is 8.16. The van der Waals surface area contributed by atoms with Crippen LogP contribution in [0.15, 0.2) is 47.1 Å². The molecular formula is C18H17N3O6. The molecule has 2 N–H and O–H groups in total. The predicted octanol–water partition coefficient (Wildman–Crippen LogP) is 0.926. The predicted molar refractivity (Wildman–Crippen MR) is 94.0 cm³/mol. The lowest BCUT2D eigenvalue weighted by Crippen LogP contribution is -2.45. The van der Waals surface area contributed by atoms with Crippen molar-refractivity contribution in [3.63, 3.8) is 0 Å². The van der Waals surface area contributed by atoms with Crippen molar-refractivity contribution in [2.45, 2.75) is 13.0 Å². The Hall–Kier alpha value is -3.62. The standard InChI is InChI=1S/C18H17N3O6/c1-11(19-17(24)14-7-4-8-26-14)18(25)27-10-16(23)21-9-15(22)20-12-5-2-3-6-13(12)21/h2-8,11H,9-10H2,1H3,(H,19,24)(H,20,22)/t11-/m0/s1. The minimum atomic E-state index is -0.979. The summed E-state index contributed by atoms with van der Waals surface area (Å²) in [6.07, 6.45) is 1.34. The molecule has 1 aliphatic rings. The van der Waals surface area contributed by atoms with Crippen molar-refractivity contribution in [2.75, 3.05) is 23.4 Å². The maximum Gasteiger partial charge on any atom is 0.328 e. The first-order valence-electron chi connectivity index (χ1n) is 8.16. The fourth-order valence-corrected chi connectivity index (χ4v) is 2.53. The van der Waals surface area contributed by atoms with E-state index < -0.39 is 30.4 Å². The van der Waals surface area contributed by atoms with Crippen molar-refractivity contribution in [1.82, 2.24) is 5.32 Å². The molecule has 0 bridgehead atoms. The summed E-state index contributed by atoms with van der Waals surface area (Å²) in [5.41, 5.74) is 1.03. The van der Waals surface area contributed by atoms with E-state index in [0.717, 1.165) is 0 Å². The van der Waals surface area contributed by atoms with Crippen molar-refractivity contribution < 1.29 is 28.3 Å². The van der Waals surface area contributed by atoms with Crippen LogP contribution in [0, 0.1) is 0 Å². The molecule has 3 rings (SSSR count). The maximum atomic E-state index is 12.4. The number of hydrogen-bond acceptors (Lipinski definition) is 6. The number of fused-ring (bicyclic) bond motifs is 1. The average Bonchev–Trinajstić information content (AvgIpc) is 3.19. The molecule has 3 amide bonds. The van der Waals surface area contributed by atoms with Gasteiger partial charge in [-0.1, -0.05) is 12.1 Å². The summed E-state index contributed by atoms with van der Waals surface area (Å²) >= 11 is 0. The second-order valence-corrected chi connectivity index (χ2v) is 5.83. The van der Waals surface area contributed by atoms with Crippen LogP contribution in [0.3, 0.4) is 0 Å². The number of furan rings is 1. The molecule has 0 spiro atoms. The van der Waals surface area contributed by atoms with Crippen LogP contribution in [0.5, 0.6) is 0 Å². The van der Waals surface area contributed by atoms with Gasteiger partial charge in [0.1, 0.15) is 12.6 Å². The zero-order chi connectivity index (χ0) is 19.4. The van der Waals surface area contributed by atoms with Crippen LogP contribution in [0.25, 0.3) is 0 Å².